The summed E-state index contributed by atoms with van der Waals surface area (Å²) in [5.74, 6) is 0.489. The lowest BCUT2D eigenvalue weighted by atomic mass is 9.92. The van der Waals surface area contributed by atoms with Crippen molar-refractivity contribution in [3.63, 3.8) is 0 Å². The number of nitrogens with zero attached hydrogens (tertiary/aromatic N) is 1. The molecule has 1 atom stereocenters. The molecular weight excluding hydrogens is 470 g/mol. The van der Waals surface area contributed by atoms with E-state index in [9.17, 15) is 14.4 Å². The van der Waals surface area contributed by atoms with Crippen LogP contribution in [-0.2, 0) is 15.1 Å². The molecule has 0 saturated carbocycles. The van der Waals surface area contributed by atoms with Crippen molar-refractivity contribution in [3.05, 3.63) is 83.4 Å². The second-order valence-corrected chi connectivity index (χ2v) is 8.44. The number of anilines is 1. The summed E-state index contributed by atoms with van der Waals surface area (Å²) in [7, 11) is 0. The molecule has 3 aromatic rings. The van der Waals surface area contributed by atoms with Gasteiger partial charge in [-0.15, -0.1) is 0 Å². The van der Waals surface area contributed by atoms with Gasteiger partial charge in [0.1, 0.15) is 23.6 Å². The third kappa shape index (κ3) is 5.22. The number of hydrogen-bond acceptors (Lipinski definition) is 5. The van der Waals surface area contributed by atoms with E-state index in [2.05, 4.69) is 10.6 Å². The van der Waals surface area contributed by atoms with Gasteiger partial charge in [-0.25, -0.2) is 4.79 Å². The number of halogens is 1. The number of ether oxygens (including phenoxy) is 2. The van der Waals surface area contributed by atoms with E-state index in [1.54, 1.807) is 67.6 Å². The van der Waals surface area contributed by atoms with E-state index in [-0.39, 0.29) is 0 Å². The van der Waals surface area contributed by atoms with Crippen molar-refractivity contribution in [2.45, 2.75) is 19.4 Å². The summed E-state index contributed by atoms with van der Waals surface area (Å²) in [4.78, 5) is 39.4. The van der Waals surface area contributed by atoms with Gasteiger partial charge in [-0.2, -0.15) is 0 Å². The lowest BCUT2D eigenvalue weighted by Gasteiger charge is -2.22. The summed E-state index contributed by atoms with van der Waals surface area (Å²) in [6.45, 7) is 3.59. The molecular formula is C26H24ClN3O5. The maximum Gasteiger partial charge on any atom is 0.325 e. The standard InChI is InChI=1S/C26H24ClN3O5/c1-3-34-19-10-12-20(13-11-19)35-22-14-9-18(27)15-21(22)28-23(31)16-30-24(32)26(2,29-25(30)33)17-7-5-4-6-8-17/h4-15H,3,16H2,1-2H3,(H,28,31)(H,29,33)/t26-/m1/s1. The predicted molar refractivity (Wildman–Crippen MR) is 132 cm³/mol. The van der Waals surface area contributed by atoms with E-state index in [0.717, 1.165) is 4.90 Å². The van der Waals surface area contributed by atoms with Gasteiger partial charge in [0.2, 0.25) is 5.91 Å². The largest absolute Gasteiger partial charge is 0.494 e. The molecule has 1 saturated heterocycles. The molecule has 1 aliphatic rings. The van der Waals surface area contributed by atoms with Crippen molar-refractivity contribution in [1.82, 2.24) is 10.2 Å². The normalized spacial score (nSPS) is 17.2. The second-order valence-electron chi connectivity index (χ2n) is 8.01. The summed E-state index contributed by atoms with van der Waals surface area (Å²) >= 11 is 6.13. The van der Waals surface area contributed by atoms with Crippen molar-refractivity contribution in [2.24, 2.45) is 0 Å². The fourth-order valence-electron chi connectivity index (χ4n) is 3.73. The number of benzene rings is 3. The quantitative estimate of drug-likeness (QED) is 0.433. The van der Waals surface area contributed by atoms with E-state index in [4.69, 9.17) is 21.1 Å². The molecule has 1 fully saturated rings. The molecule has 0 spiro atoms. The average molecular weight is 494 g/mol. The van der Waals surface area contributed by atoms with Crippen LogP contribution in [0.1, 0.15) is 19.4 Å². The molecule has 0 aromatic heterocycles. The summed E-state index contributed by atoms with van der Waals surface area (Å²) < 4.78 is 11.3. The number of nitrogens with one attached hydrogen (secondary N) is 2. The highest BCUT2D eigenvalue weighted by molar-refractivity contribution is 6.31. The van der Waals surface area contributed by atoms with Crippen LogP contribution in [0, 0.1) is 0 Å². The van der Waals surface area contributed by atoms with E-state index >= 15 is 0 Å². The number of amides is 4. The second kappa shape index (κ2) is 10.1. The molecule has 0 bridgehead atoms. The zero-order valence-electron chi connectivity index (χ0n) is 19.2. The Bertz CT molecular complexity index is 1250. The zero-order chi connectivity index (χ0) is 25.0. The third-order valence-corrected chi connectivity index (χ3v) is 5.74. The Hall–Kier alpha value is -4.04. The number of hydrogen-bond donors (Lipinski definition) is 2. The Kier molecular flexibility index (Phi) is 6.93. The highest BCUT2D eigenvalue weighted by Gasteiger charge is 2.49. The maximum atomic E-state index is 13.1. The minimum Gasteiger partial charge on any atom is -0.494 e. The fourth-order valence-corrected chi connectivity index (χ4v) is 3.90. The van der Waals surface area contributed by atoms with Gasteiger partial charge in [0.15, 0.2) is 5.75 Å². The fraction of sp³-hybridized carbons (Fsp3) is 0.192. The van der Waals surface area contributed by atoms with Crippen molar-refractivity contribution in [3.8, 4) is 17.2 Å². The summed E-state index contributed by atoms with van der Waals surface area (Å²) in [5.41, 5.74) is -0.326. The van der Waals surface area contributed by atoms with Crippen LogP contribution in [0.2, 0.25) is 5.02 Å². The van der Waals surface area contributed by atoms with Crippen LogP contribution in [-0.4, -0.2) is 35.9 Å². The van der Waals surface area contributed by atoms with Gasteiger partial charge in [0.25, 0.3) is 5.91 Å². The van der Waals surface area contributed by atoms with Crippen molar-refractivity contribution >= 4 is 35.1 Å². The lowest BCUT2D eigenvalue weighted by molar-refractivity contribution is -0.133. The Morgan fingerprint density at radius 1 is 1.03 bits per heavy atom. The number of carbonyl (C=O) groups is 3. The van der Waals surface area contributed by atoms with Crippen LogP contribution in [0.5, 0.6) is 17.2 Å². The average Bonchev–Trinajstić information content (AvgIpc) is 3.06. The summed E-state index contributed by atoms with van der Waals surface area (Å²) in [6.07, 6.45) is 0. The SMILES string of the molecule is CCOc1ccc(Oc2ccc(Cl)cc2NC(=O)CN2C(=O)N[C@](C)(c3ccccc3)C2=O)cc1. The van der Waals surface area contributed by atoms with E-state index < -0.39 is 29.9 Å². The predicted octanol–water partition coefficient (Wildman–Crippen LogP) is 4.94. The van der Waals surface area contributed by atoms with Crippen LogP contribution in [0.3, 0.4) is 0 Å². The van der Waals surface area contributed by atoms with Gasteiger partial charge in [0, 0.05) is 5.02 Å². The van der Waals surface area contributed by atoms with E-state index in [1.807, 2.05) is 13.0 Å². The molecule has 0 aliphatic carbocycles. The van der Waals surface area contributed by atoms with Gasteiger partial charge >= 0.3 is 6.03 Å². The van der Waals surface area contributed by atoms with Crippen molar-refractivity contribution in [2.75, 3.05) is 18.5 Å². The first-order chi connectivity index (χ1) is 16.8. The minimum absolute atomic E-state index is 0.300. The van der Waals surface area contributed by atoms with Gasteiger partial charge in [0.05, 0.1) is 12.3 Å². The molecule has 4 rings (SSSR count). The van der Waals surface area contributed by atoms with Gasteiger partial charge in [-0.1, -0.05) is 41.9 Å². The van der Waals surface area contributed by atoms with Gasteiger partial charge in [-0.05, 0) is 61.9 Å². The first kappa shape index (κ1) is 24.1. The van der Waals surface area contributed by atoms with Gasteiger partial charge in [-0.3, -0.25) is 14.5 Å². The first-order valence-corrected chi connectivity index (χ1v) is 11.4. The molecule has 1 heterocycles. The molecule has 2 N–H and O–H groups in total. The van der Waals surface area contributed by atoms with Crippen LogP contribution < -0.4 is 20.1 Å². The monoisotopic (exact) mass is 493 g/mol. The Labute approximate surface area is 207 Å². The summed E-state index contributed by atoms with van der Waals surface area (Å²) in [5, 5.41) is 5.76. The first-order valence-electron chi connectivity index (χ1n) is 11.0. The Morgan fingerprint density at radius 3 is 2.40 bits per heavy atom. The third-order valence-electron chi connectivity index (χ3n) is 5.51. The number of urea groups is 1. The number of carbonyl (C=O) groups excluding carboxylic acids is 3. The Morgan fingerprint density at radius 2 is 1.71 bits per heavy atom. The van der Waals surface area contributed by atoms with Crippen LogP contribution in [0.25, 0.3) is 0 Å². The van der Waals surface area contributed by atoms with Crippen molar-refractivity contribution in [1.29, 1.82) is 0 Å². The molecule has 9 heteroatoms. The van der Waals surface area contributed by atoms with E-state index in [0.29, 0.717) is 40.1 Å². The molecule has 8 nitrogen and oxygen atoms in total. The molecule has 0 unspecified atom stereocenters. The zero-order valence-corrected chi connectivity index (χ0v) is 20.0. The van der Waals surface area contributed by atoms with Crippen molar-refractivity contribution < 1.29 is 23.9 Å². The summed E-state index contributed by atoms with van der Waals surface area (Å²) in [6, 6.07) is 20.0. The number of rotatable bonds is 8. The Balaban J connectivity index is 1.48. The van der Waals surface area contributed by atoms with Crippen LogP contribution in [0.4, 0.5) is 10.5 Å². The maximum absolute atomic E-state index is 13.1. The highest BCUT2D eigenvalue weighted by atomic mass is 35.5. The molecule has 0 radical (unpaired) electrons. The van der Waals surface area contributed by atoms with Crippen LogP contribution >= 0.6 is 11.6 Å². The highest BCUT2D eigenvalue weighted by Crippen LogP contribution is 2.33. The minimum atomic E-state index is -1.25. The molecule has 35 heavy (non-hydrogen) atoms. The van der Waals surface area contributed by atoms with E-state index in [1.165, 1.54) is 6.07 Å². The lowest BCUT2D eigenvalue weighted by Crippen LogP contribution is -2.42. The molecule has 180 valence electrons. The van der Waals surface area contributed by atoms with Gasteiger partial charge < -0.3 is 20.1 Å². The smallest absolute Gasteiger partial charge is 0.325 e. The molecule has 4 amide bonds. The topological polar surface area (TPSA) is 97.0 Å². The number of imide groups is 1. The molecule has 3 aromatic carbocycles. The molecule has 1 aliphatic heterocycles. The van der Waals surface area contributed by atoms with Crippen LogP contribution in [0.15, 0.2) is 72.8 Å².